The third kappa shape index (κ3) is 73.5. The Morgan fingerprint density at radius 2 is 0.758 bits per heavy atom. The second kappa shape index (κ2) is 52.3. The molecule has 0 N–H and O–H groups in total. The third-order valence-electron chi connectivity index (χ3n) is 3.72. The summed E-state index contributed by atoms with van der Waals surface area (Å²) in [6.07, 6.45) is 1.55. The van der Waals surface area contributed by atoms with E-state index < -0.39 is 15.6 Å². The van der Waals surface area contributed by atoms with E-state index in [0.717, 1.165) is 12.3 Å². The van der Waals surface area contributed by atoms with Crippen molar-refractivity contribution in [3.05, 3.63) is 38.5 Å². The molecule has 0 aliphatic rings. The summed E-state index contributed by atoms with van der Waals surface area (Å²) < 4.78 is 21.4. The second-order valence-corrected chi connectivity index (χ2v) is 10.7. The van der Waals surface area contributed by atoms with Crippen molar-refractivity contribution in [1.29, 1.82) is 0 Å². The monoisotopic (exact) mass is 1350 g/mol. The van der Waals surface area contributed by atoms with Gasteiger partial charge < -0.3 is 65.4 Å². The van der Waals surface area contributed by atoms with Gasteiger partial charge in [0.1, 0.15) is 0 Å². The van der Waals surface area contributed by atoms with Gasteiger partial charge in [-0.15, -0.1) is 33.1 Å². The van der Waals surface area contributed by atoms with E-state index in [-0.39, 0.29) is 217 Å². The molecule has 0 aliphatic heterocycles. The van der Waals surface area contributed by atoms with Crippen molar-refractivity contribution in [3.63, 3.8) is 0 Å². The molecule has 0 heterocycles. The van der Waals surface area contributed by atoms with Gasteiger partial charge in [0.25, 0.3) is 0 Å². The Labute approximate surface area is 364 Å². The molecule has 5 unspecified atom stereocenters. The average Bonchev–Trinajstić information content (AvgIpc) is 2.38. The zero-order valence-electron chi connectivity index (χ0n) is 21.9. The molecule has 192 valence electrons. The van der Waals surface area contributed by atoms with Crippen LogP contribution < -0.4 is 0 Å². The summed E-state index contributed by atoms with van der Waals surface area (Å²) >= 11 is 0. The normalized spacial score (nSPS) is 12.6. The molecule has 0 aromatic carbocycles. The summed E-state index contributed by atoms with van der Waals surface area (Å²) in [7, 11) is -2.61. The van der Waals surface area contributed by atoms with Crippen LogP contribution in [-0.4, -0.2) is 25.7 Å². The molecule has 0 saturated carbocycles. The van der Waals surface area contributed by atoms with Crippen molar-refractivity contribution in [2.45, 2.75) is 48.5 Å². The summed E-state index contributed by atoms with van der Waals surface area (Å²) in [6.45, 7) is 29.4. The van der Waals surface area contributed by atoms with Gasteiger partial charge in [-0.3, -0.25) is 0 Å². The summed E-state index contributed by atoms with van der Waals surface area (Å²) in [6, 6.07) is 0. The fraction of sp³-hybridized carbons (Fsp3) is 0.700. The van der Waals surface area contributed by atoms with Gasteiger partial charge in [0.15, 0.2) is 0 Å². The van der Waals surface area contributed by atoms with E-state index in [1.54, 1.807) is 13.3 Å². The molecule has 2 nitrogen and oxygen atoms in total. The Kier molecular flexibility index (Phi) is 123. The molecule has 6 radical (unpaired) electrons. The van der Waals surface area contributed by atoms with Crippen LogP contribution in [0.25, 0.3) is 0 Å². The molecule has 0 fully saturated rings. The zero-order valence-corrected chi connectivity index (χ0v) is 45.4. The predicted molar refractivity (Wildman–Crippen MR) is 116 cm³/mol. The third-order valence-corrected chi connectivity index (χ3v) is 5.83. The number of hydrogen-bond donors (Lipinski definition) is 0. The Balaban J connectivity index is -0.0000000179. The van der Waals surface area contributed by atoms with E-state index >= 15 is 0 Å². The molecule has 13 heteroatoms. The van der Waals surface area contributed by atoms with Gasteiger partial charge in [-0.2, -0.15) is 27.7 Å². The van der Waals surface area contributed by atoms with Crippen molar-refractivity contribution < 1.29 is 226 Å². The van der Waals surface area contributed by atoms with Crippen LogP contribution in [0.3, 0.4) is 0 Å². The molecule has 0 amide bonds. The van der Waals surface area contributed by atoms with E-state index in [2.05, 4.69) is 41.5 Å². The van der Waals surface area contributed by atoms with Gasteiger partial charge in [-0.25, -0.2) is 0 Å². The molecule has 0 spiro atoms. The molecule has 33 heavy (non-hydrogen) atoms. The summed E-state index contributed by atoms with van der Waals surface area (Å²) in [5.41, 5.74) is 0. The fourth-order valence-electron chi connectivity index (χ4n) is 1.13. The van der Waals surface area contributed by atoms with E-state index in [1.165, 1.54) is 17.8 Å². The first-order valence-corrected chi connectivity index (χ1v) is 12.9. The fourth-order valence-corrected chi connectivity index (χ4v) is 3.40. The van der Waals surface area contributed by atoms with Gasteiger partial charge in [-0.1, -0.05) is 0 Å². The van der Waals surface area contributed by atoms with E-state index in [0.29, 0.717) is 17.8 Å². The van der Waals surface area contributed by atoms with Crippen molar-refractivity contribution >= 4 is 15.6 Å². The Bertz CT molecular complexity index is 334. The maximum atomic E-state index is 10.7. The largest absolute Gasteiger partial charge is 0.369 e. The molecule has 0 aliphatic carbocycles. The molecular formula is C20H42O2P2V3W3Y3-6. The van der Waals surface area contributed by atoms with Gasteiger partial charge in [0, 0.05) is 233 Å². The van der Waals surface area contributed by atoms with E-state index in [1.807, 2.05) is 27.7 Å². The van der Waals surface area contributed by atoms with Crippen LogP contribution in [0.4, 0.5) is 0 Å². The maximum Gasteiger partial charge on any atom is 0.0454 e. The van der Waals surface area contributed by atoms with Crippen LogP contribution in [0, 0.1) is 56.3 Å². The smallest absolute Gasteiger partial charge is 0.0454 e. The second-order valence-electron chi connectivity index (χ2n) is 7.23. The minimum absolute atomic E-state index is 0. The topological polar surface area (TPSA) is 34.1 Å². The Hall–Kier alpha value is 7.59. The summed E-state index contributed by atoms with van der Waals surface area (Å²) in [4.78, 5) is 0. The first-order valence-electron chi connectivity index (χ1n) is 8.65. The van der Waals surface area contributed by atoms with Crippen LogP contribution in [-0.2, 0) is 226 Å². The molecule has 0 aromatic heterocycles. The van der Waals surface area contributed by atoms with Crippen LogP contribution in [0.1, 0.15) is 48.5 Å². The van der Waals surface area contributed by atoms with Crippen molar-refractivity contribution in [2.24, 2.45) is 17.8 Å². The van der Waals surface area contributed by atoms with Crippen LogP contribution >= 0.6 is 15.6 Å². The number of rotatable bonds is 7. The molecule has 0 rings (SSSR count). The predicted octanol–water partition coefficient (Wildman–Crippen LogP) is 6.53. The molecule has 5 atom stereocenters. The first-order chi connectivity index (χ1) is 10.7. The van der Waals surface area contributed by atoms with Crippen LogP contribution in [0.15, 0.2) is 0 Å². The van der Waals surface area contributed by atoms with E-state index in [4.69, 9.17) is 0 Å². The van der Waals surface area contributed by atoms with Crippen molar-refractivity contribution in [3.8, 4) is 0 Å². The van der Waals surface area contributed by atoms with Gasteiger partial charge in [-0.05, 0) is 13.3 Å². The standard InChI is InChI=1S/2C7H15OP.C6H12.3V.3W.3Y/c2*1-6(2)7(3)5-9(4)8;1-5(2)6(3)4;;;;;;;;;/h2*6,9H,1,5H2,2-4H3;5H,1H2,2-4H3;;;;;;;;;/q3*-2;;;;;;;;;. The van der Waals surface area contributed by atoms with Gasteiger partial charge in [0.05, 0.1) is 0 Å². The Morgan fingerprint density at radius 1 is 0.606 bits per heavy atom. The quantitative estimate of drug-likeness (QED) is 0.215. The van der Waals surface area contributed by atoms with Crippen LogP contribution in [0.5, 0.6) is 0 Å². The van der Waals surface area contributed by atoms with Crippen LogP contribution in [0.2, 0.25) is 0 Å². The summed E-state index contributed by atoms with van der Waals surface area (Å²) in [5, 5.41) is 0. The van der Waals surface area contributed by atoms with E-state index in [9.17, 15) is 9.13 Å². The first kappa shape index (κ1) is 77.8. The minimum Gasteiger partial charge on any atom is -0.369 e. The molecule has 0 saturated heterocycles. The van der Waals surface area contributed by atoms with Crippen molar-refractivity contribution in [2.75, 3.05) is 25.7 Å². The summed E-state index contributed by atoms with van der Waals surface area (Å²) in [5.74, 6) is 5.11. The molecular weight excluding hydrogens is 1310 g/mol. The minimum atomic E-state index is -1.31. The Morgan fingerprint density at radius 3 is 0.788 bits per heavy atom. The zero-order chi connectivity index (χ0) is 20.0. The number of hydrogen-bond acceptors (Lipinski definition) is 2. The molecule has 0 aromatic rings. The molecule has 0 bridgehead atoms. The maximum absolute atomic E-state index is 10.7. The van der Waals surface area contributed by atoms with Crippen molar-refractivity contribution in [1.82, 2.24) is 0 Å². The van der Waals surface area contributed by atoms with Gasteiger partial charge >= 0.3 is 0 Å². The SMILES string of the molecule is [CH2-]C(C)[C-](C)C.[CH2-]C(C)[C-](C)C[PH](C)=O.[CH2-]C(C)[C-](C)C[PH](C)=O.[V].[V].[V].[W].[W].[W].[Y].[Y].[Y]. The van der Waals surface area contributed by atoms with Gasteiger partial charge in [0.2, 0.25) is 0 Å². The average molecular weight is 1350 g/mol.